The molecule has 1 heterocycles. The predicted octanol–water partition coefficient (Wildman–Crippen LogP) is 6.65. The van der Waals surface area contributed by atoms with Crippen molar-refractivity contribution in [1.82, 2.24) is 10.5 Å². The maximum Gasteiger partial charge on any atom is 0.163 e. The molecule has 1 aromatic heterocycles. The van der Waals surface area contributed by atoms with Crippen LogP contribution < -0.4 is 5.32 Å². The highest BCUT2D eigenvalue weighted by atomic mass is 19.1. The molecule has 2 aromatic carbocycles. The Hall–Kier alpha value is -4.19. The molecule has 0 spiro atoms. The molecule has 1 atom stereocenters. The molecule has 0 saturated heterocycles. The van der Waals surface area contributed by atoms with Crippen LogP contribution in [0.5, 0.6) is 0 Å². The summed E-state index contributed by atoms with van der Waals surface area (Å²) in [6, 6.07) is 10.6. The largest absolute Gasteiger partial charge is 0.400 e. The van der Waals surface area contributed by atoms with Gasteiger partial charge in [0, 0.05) is 49.0 Å². The van der Waals surface area contributed by atoms with Crippen molar-refractivity contribution in [1.29, 1.82) is 0 Å². The molecule has 1 aliphatic carbocycles. The van der Waals surface area contributed by atoms with Crippen molar-refractivity contribution in [3.8, 4) is 11.3 Å². The van der Waals surface area contributed by atoms with Gasteiger partial charge in [0.25, 0.3) is 0 Å². The summed E-state index contributed by atoms with van der Waals surface area (Å²) in [6.07, 6.45) is 12.3. The number of hydrogen-bond donors (Lipinski definition) is 2. The first-order valence-corrected chi connectivity index (χ1v) is 14.1. The van der Waals surface area contributed by atoms with E-state index in [1.54, 1.807) is 36.6 Å². The van der Waals surface area contributed by atoms with Crippen molar-refractivity contribution in [2.45, 2.75) is 51.2 Å². The summed E-state index contributed by atoms with van der Waals surface area (Å²) in [5, 5.41) is 14.1. The molecule has 0 amide bonds. The minimum Gasteiger partial charge on any atom is -0.400 e. The van der Waals surface area contributed by atoms with Crippen LogP contribution >= 0.6 is 0 Å². The standard InChI is InChI=1S/C25H24F2N2O4.C7H10FN.CH4O/c26-21-11-18(12-22(27)14-21)7-10-32-17-23-15-25(29-33-23)19-5-6-20(16-31)24(13-19)28-8-3-1-2-4-9-30;1-9-7-4-2-6(8)3-5-7;1-2/h5-6,8-9,11-16H,1-4,7,10,17H2;2-4,7,9H,5H2,1H3;2H,1H3. The van der Waals surface area contributed by atoms with Crippen molar-refractivity contribution in [2.24, 2.45) is 4.99 Å². The third kappa shape index (κ3) is 13.0. The van der Waals surface area contributed by atoms with Crippen LogP contribution in [0.25, 0.3) is 11.3 Å². The van der Waals surface area contributed by atoms with Crippen LogP contribution in [0.2, 0.25) is 0 Å². The fourth-order valence-electron chi connectivity index (χ4n) is 3.98. The lowest BCUT2D eigenvalue weighted by Gasteiger charge is -2.10. The van der Waals surface area contributed by atoms with Crippen molar-refractivity contribution < 1.29 is 37.1 Å². The lowest BCUT2D eigenvalue weighted by molar-refractivity contribution is -0.107. The molecule has 3 aromatic rings. The van der Waals surface area contributed by atoms with Gasteiger partial charge >= 0.3 is 0 Å². The average Bonchev–Trinajstić information content (AvgIpc) is 3.51. The zero-order chi connectivity index (χ0) is 32.2. The van der Waals surface area contributed by atoms with Crippen LogP contribution in [-0.4, -0.2) is 55.9 Å². The molecule has 44 heavy (non-hydrogen) atoms. The topological polar surface area (TPSA) is 114 Å². The number of hydrogen-bond acceptors (Lipinski definition) is 8. The van der Waals surface area contributed by atoms with E-state index in [2.05, 4.69) is 15.5 Å². The van der Waals surface area contributed by atoms with E-state index in [1.165, 1.54) is 18.2 Å². The second-order valence-electron chi connectivity index (χ2n) is 9.49. The van der Waals surface area contributed by atoms with E-state index in [-0.39, 0.29) is 19.0 Å². The third-order valence-corrected chi connectivity index (χ3v) is 6.27. The molecule has 0 fully saturated rings. The Morgan fingerprint density at radius 3 is 2.48 bits per heavy atom. The summed E-state index contributed by atoms with van der Waals surface area (Å²) in [4.78, 5) is 26.1. The van der Waals surface area contributed by atoms with E-state index in [0.29, 0.717) is 53.6 Å². The molecule has 0 saturated carbocycles. The second kappa shape index (κ2) is 20.7. The molecule has 0 radical (unpaired) electrons. The van der Waals surface area contributed by atoms with E-state index in [1.807, 2.05) is 13.1 Å². The van der Waals surface area contributed by atoms with Crippen molar-refractivity contribution in [2.75, 3.05) is 20.8 Å². The van der Waals surface area contributed by atoms with Gasteiger partial charge < -0.3 is 24.5 Å². The van der Waals surface area contributed by atoms with Crippen LogP contribution in [0, 0.1) is 11.6 Å². The summed E-state index contributed by atoms with van der Waals surface area (Å²) >= 11 is 0. The molecular weight excluding hydrogens is 575 g/mol. The third-order valence-electron chi connectivity index (χ3n) is 6.27. The number of halogens is 3. The van der Waals surface area contributed by atoms with Gasteiger partial charge in [0.15, 0.2) is 12.0 Å². The van der Waals surface area contributed by atoms with Gasteiger partial charge in [0.1, 0.15) is 36.0 Å². The van der Waals surface area contributed by atoms with Crippen LogP contribution in [0.15, 0.2) is 76.0 Å². The van der Waals surface area contributed by atoms with Gasteiger partial charge in [-0.05, 0) is 81.1 Å². The number of ether oxygens (including phenoxy) is 1. The van der Waals surface area contributed by atoms with E-state index in [9.17, 15) is 22.8 Å². The highest BCUT2D eigenvalue weighted by molar-refractivity contribution is 5.86. The van der Waals surface area contributed by atoms with Crippen LogP contribution in [0.1, 0.15) is 53.8 Å². The Morgan fingerprint density at radius 1 is 1.07 bits per heavy atom. The van der Waals surface area contributed by atoms with Gasteiger partial charge in [-0.3, -0.25) is 9.79 Å². The number of allylic oxidation sites excluding steroid dienone is 2. The number of aldehydes is 2. The van der Waals surface area contributed by atoms with Gasteiger partial charge in [-0.15, -0.1) is 0 Å². The zero-order valence-electron chi connectivity index (χ0n) is 24.8. The van der Waals surface area contributed by atoms with Gasteiger partial charge in [0.05, 0.1) is 12.3 Å². The van der Waals surface area contributed by atoms with Crippen LogP contribution in [0.3, 0.4) is 0 Å². The summed E-state index contributed by atoms with van der Waals surface area (Å²) in [6.45, 7) is 0.418. The first-order chi connectivity index (χ1) is 21.4. The number of nitrogens with one attached hydrogen (secondary N) is 1. The smallest absolute Gasteiger partial charge is 0.163 e. The highest BCUT2D eigenvalue weighted by Crippen LogP contribution is 2.27. The number of aromatic nitrogens is 1. The number of benzene rings is 2. The maximum atomic E-state index is 13.2. The minimum absolute atomic E-state index is 0.124. The summed E-state index contributed by atoms with van der Waals surface area (Å²) in [7, 11) is 2.87. The molecule has 1 unspecified atom stereocenters. The molecule has 4 rings (SSSR count). The van der Waals surface area contributed by atoms with E-state index in [0.717, 1.165) is 50.6 Å². The molecule has 11 heteroatoms. The van der Waals surface area contributed by atoms with Crippen molar-refractivity contribution >= 4 is 24.5 Å². The van der Waals surface area contributed by atoms with Gasteiger partial charge in [-0.2, -0.15) is 0 Å². The number of aliphatic imine (C=N–C) groups is 1. The van der Waals surface area contributed by atoms with E-state index >= 15 is 0 Å². The highest BCUT2D eigenvalue weighted by Gasteiger charge is 2.10. The molecule has 0 aliphatic heterocycles. The molecule has 1 aliphatic rings. The van der Waals surface area contributed by atoms with E-state index < -0.39 is 11.6 Å². The lowest BCUT2D eigenvalue weighted by atomic mass is 10.1. The van der Waals surface area contributed by atoms with Gasteiger partial charge in [0.2, 0.25) is 0 Å². The Labute approximate surface area is 255 Å². The first-order valence-electron chi connectivity index (χ1n) is 14.1. The Morgan fingerprint density at radius 2 is 1.82 bits per heavy atom. The number of nitrogens with zero attached hydrogens (tertiary/aromatic N) is 2. The number of aliphatic hydroxyl groups is 1. The predicted molar refractivity (Wildman–Crippen MR) is 164 cm³/mol. The molecule has 8 nitrogen and oxygen atoms in total. The number of carbonyl (C=O) groups excluding carboxylic acids is 2. The Bertz CT molecular complexity index is 1380. The summed E-state index contributed by atoms with van der Waals surface area (Å²) < 4.78 is 49.5. The number of unbranched alkanes of at least 4 members (excludes halogenated alkanes) is 3. The lowest BCUT2D eigenvalue weighted by Crippen LogP contribution is -2.22. The van der Waals surface area contributed by atoms with Gasteiger partial charge in [-0.1, -0.05) is 17.3 Å². The fraction of sp³-hybridized carbons (Fsp3) is 0.333. The SMILES string of the molecule is CNC1C=CC(F)=CC1.CO.O=CCCCCC=Nc1cc(-c2cc(COCCc3cc(F)cc(F)c3)on2)ccc1C=O. The van der Waals surface area contributed by atoms with Crippen LogP contribution in [0.4, 0.5) is 18.9 Å². The normalized spacial score (nSPS) is 13.9. The zero-order valence-corrected chi connectivity index (χ0v) is 24.8. The van der Waals surface area contributed by atoms with Crippen molar-refractivity contribution in [3.05, 3.63) is 95.0 Å². The van der Waals surface area contributed by atoms with Gasteiger partial charge in [-0.25, -0.2) is 13.2 Å². The monoisotopic (exact) mass is 613 g/mol. The maximum absolute atomic E-state index is 13.2. The van der Waals surface area contributed by atoms with Crippen LogP contribution in [-0.2, 0) is 22.6 Å². The molecular formula is C33H38F3N3O5. The second-order valence-corrected chi connectivity index (χ2v) is 9.49. The number of likely N-dealkylation sites (N-methyl/N-ethyl adjacent to an activating group) is 1. The summed E-state index contributed by atoms with van der Waals surface area (Å²) in [5.74, 6) is -0.865. The number of carbonyl (C=O) groups is 2. The fourth-order valence-corrected chi connectivity index (χ4v) is 3.98. The Balaban J connectivity index is 0.000000519. The quantitative estimate of drug-likeness (QED) is 0.119. The number of aliphatic hydroxyl groups excluding tert-OH is 1. The van der Waals surface area contributed by atoms with Crippen molar-refractivity contribution in [3.63, 3.8) is 0 Å². The van der Waals surface area contributed by atoms with E-state index in [4.69, 9.17) is 14.4 Å². The Kier molecular flexibility index (Phi) is 16.9. The molecule has 236 valence electrons. The number of rotatable bonds is 14. The molecule has 2 N–H and O–H groups in total. The molecule has 0 bridgehead atoms. The average molecular weight is 614 g/mol. The minimum atomic E-state index is -0.618. The first kappa shape index (κ1) is 36.0. The summed E-state index contributed by atoms with van der Waals surface area (Å²) in [5.41, 5.74) is 2.81.